The Morgan fingerprint density at radius 1 is 1.44 bits per heavy atom. The molecule has 0 radical (unpaired) electrons. The highest BCUT2D eigenvalue weighted by Crippen LogP contribution is 2.25. The molecule has 0 amide bonds. The maximum atomic E-state index is 13.3. The van der Waals surface area contributed by atoms with Gasteiger partial charge in [0.25, 0.3) is 0 Å². The lowest BCUT2D eigenvalue weighted by molar-refractivity contribution is 0.110. The van der Waals surface area contributed by atoms with E-state index in [1.165, 1.54) is 6.07 Å². The molecule has 0 saturated heterocycles. The molecule has 1 aromatic carbocycles. The predicted molar refractivity (Wildman–Crippen MR) is 66.0 cm³/mol. The van der Waals surface area contributed by atoms with Crippen molar-refractivity contribution in [2.24, 2.45) is 0 Å². The van der Waals surface area contributed by atoms with Crippen LogP contribution in [0, 0.1) is 12.7 Å². The van der Waals surface area contributed by atoms with E-state index in [9.17, 15) is 4.39 Å². The van der Waals surface area contributed by atoms with Crippen molar-refractivity contribution in [2.75, 3.05) is 12.3 Å². The largest absolute Gasteiger partial charge is 0.382 e. The Bertz CT molecular complexity index is 607. The van der Waals surface area contributed by atoms with E-state index in [0.29, 0.717) is 24.6 Å². The van der Waals surface area contributed by atoms with Crippen molar-refractivity contribution in [3.63, 3.8) is 0 Å². The third-order valence-electron chi connectivity index (χ3n) is 3.24. The monoisotopic (exact) mass is 247 g/mol. The van der Waals surface area contributed by atoms with Crippen molar-refractivity contribution in [3.8, 4) is 5.69 Å². The molecule has 1 aliphatic heterocycles. The first-order valence-electron chi connectivity index (χ1n) is 5.87. The van der Waals surface area contributed by atoms with Gasteiger partial charge in [-0.05, 0) is 30.7 Å². The molecular weight excluding hydrogens is 233 g/mol. The third kappa shape index (κ3) is 1.67. The van der Waals surface area contributed by atoms with Gasteiger partial charge in [-0.1, -0.05) is 0 Å². The molecule has 3 rings (SSSR count). The minimum Gasteiger partial charge on any atom is -0.382 e. The Labute approximate surface area is 104 Å². The molecule has 1 aliphatic rings. The van der Waals surface area contributed by atoms with Crippen LogP contribution in [0.5, 0.6) is 0 Å². The molecular formula is C13H14FN3O. The number of halogens is 1. The molecule has 2 aromatic rings. The zero-order valence-electron chi connectivity index (χ0n) is 10.1. The normalized spacial score (nSPS) is 14.6. The van der Waals surface area contributed by atoms with Crippen molar-refractivity contribution >= 4 is 5.82 Å². The van der Waals surface area contributed by atoms with Crippen LogP contribution in [0.4, 0.5) is 10.2 Å². The molecule has 0 saturated carbocycles. The number of aryl methyl sites for hydroxylation is 1. The second-order valence-electron chi connectivity index (χ2n) is 4.46. The summed E-state index contributed by atoms with van der Waals surface area (Å²) in [6, 6.07) is 4.94. The molecule has 5 heteroatoms. The Morgan fingerprint density at radius 3 is 3.06 bits per heavy atom. The first kappa shape index (κ1) is 11.2. The van der Waals surface area contributed by atoms with E-state index < -0.39 is 0 Å². The fourth-order valence-electron chi connectivity index (χ4n) is 2.24. The average molecular weight is 247 g/mol. The first-order valence-corrected chi connectivity index (χ1v) is 5.87. The highest BCUT2D eigenvalue weighted by molar-refractivity contribution is 5.48. The summed E-state index contributed by atoms with van der Waals surface area (Å²) >= 11 is 0. The lowest BCUT2D eigenvalue weighted by Gasteiger charge is -2.14. The molecule has 0 unspecified atom stereocenters. The van der Waals surface area contributed by atoms with Crippen LogP contribution in [0.25, 0.3) is 5.69 Å². The Kier molecular flexibility index (Phi) is 2.56. The number of anilines is 1. The van der Waals surface area contributed by atoms with Gasteiger partial charge in [0, 0.05) is 12.0 Å². The molecule has 4 nitrogen and oxygen atoms in total. The number of nitrogen functional groups attached to an aromatic ring is 1. The summed E-state index contributed by atoms with van der Waals surface area (Å²) in [7, 11) is 0. The summed E-state index contributed by atoms with van der Waals surface area (Å²) in [6.07, 6.45) is 0.774. The Morgan fingerprint density at radius 2 is 2.28 bits per heavy atom. The number of rotatable bonds is 1. The van der Waals surface area contributed by atoms with Crippen LogP contribution in [0.15, 0.2) is 18.2 Å². The molecule has 2 heterocycles. The van der Waals surface area contributed by atoms with Crippen molar-refractivity contribution in [3.05, 3.63) is 40.8 Å². The van der Waals surface area contributed by atoms with E-state index in [1.807, 2.05) is 0 Å². The topological polar surface area (TPSA) is 53.1 Å². The van der Waals surface area contributed by atoms with E-state index >= 15 is 0 Å². The Balaban J connectivity index is 2.14. The molecule has 0 bridgehead atoms. The minimum absolute atomic E-state index is 0.212. The summed E-state index contributed by atoms with van der Waals surface area (Å²) in [5.74, 6) is 0.280. The molecule has 0 spiro atoms. The second-order valence-corrected chi connectivity index (χ2v) is 4.46. The number of fused-ring (bicyclic) bond motifs is 1. The standard InChI is InChI=1S/C13H14FN3O/c1-8-6-9(2-3-11(8)14)17-12-4-5-18-7-10(12)13(15)16-17/h2-3,6H,4-5,7H2,1H3,(H2,15,16). The van der Waals surface area contributed by atoms with Crippen LogP contribution < -0.4 is 5.73 Å². The van der Waals surface area contributed by atoms with E-state index in [2.05, 4.69) is 5.10 Å². The van der Waals surface area contributed by atoms with Gasteiger partial charge in [-0.25, -0.2) is 9.07 Å². The number of hydrogen-bond donors (Lipinski definition) is 1. The highest BCUT2D eigenvalue weighted by atomic mass is 19.1. The molecule has 18 heavy (non-hydrogen) atoms. The van der Waals surface area contributed by atoms with Crippen molar-refractivity contribution in [1.29, 1.82) is 0 Å². The first-order chi connectivity index (χ1) is 8.66. The van der Waals surface area contributed by atoms with Crippen LogP contribution >= 0.6 is 0 Å². The maximum Gasteiger partial charge on any atom is 0.151 e. The van der Waals surface area contributed by atoms with Gasteiger partial charge in [-0.15, -0.1) is 0 Å². The van der Waals surface area contributed by atoms with E-state index in [1.54, 1.807) is 23.7 Å². The number of ether oxygens (including phenoxy) is 1. The van der Waals surface area contributed by atoms with Crippen LogP contribution in [-0.2, 0) is 17.8 Å². The molecule has 94 valence electrons. The minimum atomic E-state index is -0.212. The summed E-state index contributed by atoms with van der Waals surface area (Å²) in [4.78, 5) is 0. The van der Waals surface area contributed by atoms with Gasteiger partial charge in [-0.3, -0.25) is 0 Å². The maximum absolute atomic E-state index is 13.3. The van der Waals surface area contributed by atoms with Gasteiger partial charge in [0.2, 0.25) is 0 Å². The molecule has 0 fully saturated rings. The predicted octanol–water partition coefficient (Wildman–Crippen LogP) is 1.97. The zero-order chi connectivity index (χ0) is 12.7. The number of benzene rings is 1. The van der Waals surface area contributed by atoms with Gasteiger partial charge in [0.15, 0.2) is 5.82 Å². The van der Waals surface area contributed by atoms with Crippen LogP contribution in [0.2, 0.25) is 0 Å². The van der Waals surface area contributed by atoms with Gasteiger partial charge in [0.05, 0.1) is 24.6 Å². The van der Waals surface area contributed by atoms with E-state index in [0.717, 1.165) is 23.4 Å². The Hall–Kier alpha value is -1.88. The zero-order valence-corrected chi connectivity index (χ0v) is 10.1. The van der Waals surface area contributed by atoms with Crippen molar-refractivity contribution in [2.45, 2.75) is 20.0 Å². The number of hydrogen-bond acceptors (Lipinski definition) is 3. The highest BCUT2D eigenvalue weighted by Gasteiger charge is 2.20. The molecule has 2 N–H and O–H groups in total. The summed E-state index contributed by atoms with van der Waals surface area (Å²) < 4.78 is 20.5. The van der Waals surface area contributed by atoms with E-state index in [-0.39, 0.29) is 5.82 Å². The van der Waals surface area contributed by atoms with Gasteiger partial charge < -0.3 is 10.5 Å². The van der Waals surface area contributed by atoms with Gasteiger partial charge >= 0.3 is 0 Å². The van der Waals surface area contributed by atoms with Crippen molar-refractivity contribution in [1.82, 2.24) is 9.78 Å². The lowest BCUT2D eigenvalue weighted by Crippen LogP contribution is -2.13. The lowest BCUT2D eigenvalue weighted by atomic mass is 10.1. The summed E-state index contributed by atoms with van der Waals surface area (Å²) in [5, 5.41) is 4.33. The second kappa shape index (κ2) is 4.10. The summed E-state index contributed by atoms with van der Waals surface area (Å²) in [5.41, 5.74) is 9.33. The summed E-state index contributed by atoms with van der Waals surface area (Å²) in [6.45, 7) is 2.90. The quantitative estimate of drug-likeness (QED) is 0.838. The fourth-order valence-corrected chi connectivity index (χ4v) is 2.24. The average Bonchev–Trinajstić information content (AvgIpc) is 2.71. The van der Waals surface area contributed by atoms with Crippen LogP contribution in [0.3, 0.4) is 0 Å². The van der Waals surface area contributed by atoms with Crippen LogP contribution in [0.1, 0.15) is 16.8 Å². The number of aromatic nitrogens is 2. The third-order valence-corrected chi connectivity index (χ3v) is 3.24. The van der Waals surface area contributed by atoms with Crippen molar-refractivity contribution < 1.29 is 9.13 Å². The van der Waals surface area contributed by atoms with Gasteiger partial charge in [-0.2, -0.15) is 5.10 Å². The smallest absolute Gasteiger partial charge is 0.151 e. The number of nitrogens with two attached hydrogens (primary N) is 1. The van der Waals surface area contributed by atoms with Crippen LogP contribution in [-0.4, -0.2) is 16.4 Å². The molecule has 0 atom stereocenters. The molecule has 0 aliphatic carbocycles. The SMILES string of the molecule is Cc1cc(-n2nc(N)c3c2CCOC3)ccc1F. The van der Waals surface area contributed by atoms with E-state index in [4.69, 9.17) is 10.5 Å². The number of nitrogens with zero attached hydrogens (tertiary/aromatic N) is 2. The molecule has 1 aromatic heterocycles. The van der Waals surface area contributed by atoms with Gasteiger partial charge in [0.1, 0.15) is 5.82 Å². The fraction of sp³-hybridized carbons (Fsp3) is 0.308.